The van der Waals surface area contributed by atoms with Gasteiger partial charge in [-0.3, -0.25) is 28.8 Å². The molecular formula is C96H145N15O12S. The van der Waals surface area contributed by atoms with Crippen LogP contribution in [0.1, 0.15) is 209 Å². The number of unbranched alkanes of at least 4 members (excludes halogenated alkanes) is 4. The predicted molar refractivity (Wildman–Crippen MR) is 484 cm³/mol. The molecule has 27 nitrogen and oxygen atoms in total. The Bertz CT molecular complexity index is 4020. The van der Waals surface area contributed by atoms with Gasteiger partial charge in [-0.2, -0.15) is 10.5 Å². The van der Waals surface area contributed by atoms with Crippen LogP contribution in [0.2, 0.25) is 0 Å². The molecule has 0 N–H and O–H groups in total. The summed E-state index contributed by atoms with van der Waals surface area (Å²) in [5, 5.41) is 23.1. The van der Waals surface area contributed by atoms with Gasteiger partial charge in [-0.25, -0.2) is 19.3 Å². The minimum absolute atomic E-state index is 0.0801. The van der Waals surface area contributed by atoms with Crippen molar-refractivity contribution in [3.63, 3.8) is 0 Å². The minimum atomic E-state index is -2.33. The molecule has 4 aliphatic carbocycles. The van der Waals surface area contributed by atoms with Crippen molar-refractivity contribution >= 4 is 58.5 Å². The molecule has 124 heavy (non-hydrogen) atoms. The van der Waals surface area contributed by atoms with Crippen LogP contribution in [0.25, 0.3) is 9.69 Å². The van der Waals surface area contributed by atoms with Crippen molar-refractivity contribution in [2.24, 2.45) is 27.1 Å². The highest BCUT2D eigenvalue weighted by molar-refractivity contribution is 8.14. The van der Waals surface area contributed by atoms with Gasteiger partial charge in [0.05, 0.1) is 29.9 Å². The van der Waals surface area contributed by atoms with Crippen molar-refractivity contribution in [3.05, 3.63) is 113 Å². The smallest absolute Gasteiger partial charge is 0.349 e. The van der Waals surface area contributed by atoms with Crippen LogP contribution in [0.15, 0.2) is 89.9 Å². The lowest BCUT2D eigenvalue weighted by molar-refractivity contribution is -0.165. The monoisotopic (exact) mass is 1730 g/mol. The Kier molecular flexibility index (Phi) is 37.0. The third kappa shape index (κ3) is 27.4. The summed E-state index contributed by atoms with van der Waals surface area (Å²) in [5.41, 5.74) is -2.56. The van der Waals surface area contributed by atoms with E-state index in [1.54, 1.807) is 35.8 Å². The van der Waals surface area contributed by atoms with E-state index in [0.29, 0.717) is 146 Å². The van der Waals surface area contributed by atoms with Crippen molar-refractivity contribution in [2.75, 3.05) is 208 Å². The van der Waals surface area contributed by atoms with E-state index in [1.165, 1.54) is 0 Å². The molecule has 682 valence electrons. The van der Waals surface area contributed by atoms with Gasteiger partial charge in [-0.15, -0.1) is 0 Å². The van der Waals surface area contributed by atoms with E-state index >= 15 is 38.4 Å². The molecule has 8 aliphatic rings. The van der Waals surface area contributed by atoms with Crippen LogP contribution in [-0.2, 0) is 57.3 Å². The molecule has 0 aromatic heterocycles. The second kappa shape index (κ2) is 45.6. The summed E-state index contributed by atoms with van der Waals surface area (Å²) in [5.74, 6) is -5.62. The van der Waals surface area contributed by atoms with Crippen LogP contribution in [-0.4, -0.2) is 308 Å². The molecule has 28 heteroatoms. The Morgan fingerprint density at radius 3 is 0.879 bits per heavy atom. The summed E-state index contributed by atoms with van der Waals surface area (Å²) in [6, 6.07) is 4.32. The highest BCUT2D eigenvalue weighted by Crippen LogP contribution is 2.51. The zero-order valence-electron chi connectivity index (χ0n) is 78.6. The number of carbonyl (C=O) groups excluding carboxylic acids is 8. The number of allylic oxidation sites excluding steroid dienone is 5. The molecule has 0 aromatic carbocycles. The van der Waals surface area contributed by atoms with Gasteiger partial charge < -0.3 is 72.8 Å². The standard InChI is InChI=1S/C96H145N15O12S/c1-92(2)54-68(78(74(58-92)108-45-28-29-46-108)84(112)105(19)42-25-22-38-101(11)12)72(62-97)87(115)120-64-96(67-123-90(118)83(100-10)71-57-95(7,8)61-77(111-51-34-35-52-111)81(71)91(119)124-53-37-36-41-104(17)18,65-121-88(116)73(63-98)69-55-93(3,4)59-75(109-47-30-31-48-109)79(69)85(113)106(20)43-26-23-39-102(13)14)66-122-89(117)82(99-9)70-56-94(5,6)60-76(110-49-32-33-50-110)80(70)86(114)107(21)44-27-24-40-103(15)16/h22-61,64-67H2,1-8,11-21H3/b72-68+,73-69+,82-70+,83-71-. The summed E-state index contributed by atoms with van der Waals surface area (Å²) < 4.78 is 26.1. The summed E-state index contributed by atoms with van der Waals surface area (Å²) in [6.45, 7) is 39.5. The number of thioether (sulfide) groups is 1. The number of hydrogen-bond acceptors (Lipinski definition) is 23. The number of ether oxygens (including phenoxy) is 4. The number of rotatable bonds is 40. The third-order valence-corrected chi connectivity index (χ3v) is 26.1. The zero-order valence-corrected chi connectivity index (χ0v) is 79.4. The number of nitriles is 2. The molecule has 0 bridgehead atoms. The van der Waals surface area contributed by atoms with Crippen LogP contribution in [0, 0.1) is 62.9 Å². The van der Waals surface area contributed by atoms with Crippen LogP contribution in [0.5, 0.6) is 0 Å². The normalized spacial score (nSPS) is 20.6. The van der Waals surface area contributed by atoms with Crippen molar-refractivity contribution in [1.82, 2.24) is 53.9 Å². The van der Waals surface area contributed by atoms with Gasteiger partial charge >= 0.3 is 23.9 Å². The second-order valence-electron chi connectivity index (χ2n) is 40.1. The molecule has 8 rings (SSSR count). The highest BCUT2D eigenvalue weighted by atomic mass is 32.2. The van der Waals surface area contributed by atoms with Gasteiger partial charge in [0.15, 0.2) is 0 Å². The number of likely N-dealkylation sites (N-methyl/N-ethyl adjacent to an activating group) is 3. The predicted octanol–water partition coefficient (Wildman–Crippen LogP) is 12.8. The first-order valence-electron chi connectivity index (χ1n) is 45.2. The van der Waals surface area contributed by atoms with Crippen LogP contribution in [0.4, 0.5) is 0 Å². The van der Waals surface area contributed by atoms with Crippen LogP contribution < -0.4 is 0 Å². The largest absolute Gasteiger partial charge is 0.470 e. The highest BCUT2D eigenvalue weighted by Gasteiger charge is 2.48. The first-order valence-corrected chi connectivity index (χ1v) is 46.2. The quantitative estimate of drug-likeness (QED) is 0.0138. The van der Waals surface area contributed by atoms with E-state index in [9.17, 15) is 10.5 Å². The molecule has 0 spiro atoms. The van der Waals surface area contributed by atoms with Gasteiger partial charge in [0.2, 0.25) is 5.12 Å². The molecule has 0 unspecified atom stereocenters. The van der Waals surface area contributed by atoms with Gasteiger partial charge in [-0.1, -0.05) is 67.2 Å². The van der Waals surface area contributed by atoms with Gasteiger partial charge in [0.25, 0.3) is 29.1 Å². The molecule has 0 saturated carbocycles. The summed E-state index contributed by atoms with van der Waals surface area (Å²) in [7, 11) is 21.0. The van der Waals surface area contributed by atoms with E-state index in [4.69, 9.17) is 32.1 Å². The lowest BCUT2D eigenvalue weighted by atomic mass is 9.72. The molecule has 4 aliphatic heterocycles. The van der Waals surface area contributed by atoms with Crippen molar-refractivity contribution in [3.8, 4) is 12.1 Å². The fourth-order valence-electron chi connectivity index (χ4n) is 18.6. The Labute approximate surface area is 745 Å². The Balaban J connectivity index is 1.37. The Morgan fingerprint density at radius 1 is 0.363 bits per heavy atom. The average Bonchev–Trinajstić information content (AvgIpc) is 1.19. The number of hydrogen-bond donors (Lipinski definition) is 0. The summed E-state index contributed by atoms with van der Waals surface area (Å²) in [4.78, 5) is 155. The van der Waals surface area contributed by atoms with Gasteiger partial charge in [0.1, 0.15) is 55.1 Å². The number of esters is 4. The summed E-state index contributed by atoms with van der Waals surface area (Å²) >= 11 is 1.13. The van der Waals surface area contributed by atoms with Crippen LogP contribution in [0.3, 0.4) is 0 Å². The molecule has 0 radical (unpaired) electrons. The third-order valence-electron chi connectivity index (χ3n) is 25.1. The Hall–Kier alpha value is -8.77. The maximum atomic E-state index is 16.0. The average molecular weight is 1730 g/mol. The topological polar surface area (TPSA) is 265 Å². The first kappa shape index (κ1) is 101. The maximum absolute atomic E-state index is 16.0. The zero-order chi connectivity index (χ0) is 91.2. The molecule has 4 fully saturated rings. The van der Waals surface area contributed by atoms with E-state index in [2.05, 4.69) is 61.0 Å². The van der Waals surface area contributed by atoms with Crippen molar-refractivity contribution in [2.45, 2.75) is 209 Å². The molecule has 4 saturated heterocycles. The number of likely N-dealkylation sites (tertiary alicyclic amines) is 4. The van der Waals surface area contributed by atoms with E-state index < -0.39 is 99.9 Å². The van der Waals surface area contributed by atoms with Crippen molar-refractivity contribution < 1.29 is 57.3 Å². The fraction of sp³-hybridized carbons (Fsp3) is 0.708. The number of nitrogens with zero attached hydrogens (tertiary/aromatic N) is 15. The maximum Gasteiger partial charge on any atom is 0.349 e. The molecule has 0 atom stereocenters. The van der Waals surface area contributed by atoms with E-state index in [0.717, 1.165) is 121 Å². The fourth-order valence-corrected chi connectivity index (χ4v) is 19.5. The SMILES string of the molecule is [C-]#[N+]/C(C(=O)OCC(COC(=O)/C(C#N)=C1\CC(C)(C)CC(N2CCCC2)=C1C(=O)N(C)CCCCN(C)C)(COC(=O)/C(C#N)=C1\CC(C)(C)CC(N2CCCC2)=C1C(=O)N(C)CCCCN(C)C)COC(=O)/C([N+]#[C-])=C1/CC(C)(C)CC(N2CCCC2)=C1C(=O)N(C)CCCCN(C)C)=C1/CC(C)(C)CC(N2CCCC2)=C1C(=O)SCCCCN(C)C. The molecule has 3 amide bonds. The number of amides is 3. The first-order chi connectivity index (χ1) is 58.6. The minimum Gasteiger partial charge on any atom is -0.470 e. The molecular weight excluding hydrogens is 1590 g/mol. The van der Waals surface area contributed by atoms with Gasteiger partial charge in [0, 0.05) is 127 Å². The molecule has 0 aromatic rings. The molecule has 4 heterocycles. The Morgan fingerprint density at radius 2 is 0.605 bits per heavy atom. The lowest BCUT2D eigenvalue weighted by Crippen LogP contribution is -2.44. The van der Waals surface area contributed by atoms with Crippen LogP contribution >= 0.6 is 11.8 Å². The summed E-state index contributed by atoms with van der Waals surface area (Å²) in [6.07, 6.45) is 14.9. The second-order valence-corrected chi connectivity index (χ2v) is 41.2. The van der Waals surface area contributed by atoms with Gasteiger partial charge in [-0.05, 0) is 281 Å². The lowest BCUT2D eigenvalue weighted by Gasteiger charge is -2.40. The number of carbonyl (C=O) groups is 8. The van der Waals surface area contributed by atoms with E-state index in [1.807, 2.05) is 112 Å². The van der Waals surface area contributed by atoms with E-state index in [-0.39, 0.29) is 93.1 Å². The van der Waals surface area contributed by atoms with Crippen molar-refractivity contribution in [1.29, 1.82) is 10.5 Å².